The molecule has 2 N–H and O–H groups in total. The van der Waals surface area contributed by atoms with E-state index in [0.717, 1.165) is 11.1 Å². The van der Waals surface area contributed by atoms with Gasteiger partial charge in [-0.1, -0.05) is 60.7 Å². The normalized spacial score (nSPS) is 11.9. The molecule has 0 unspecified atom stereocenters. The van der Waals surface area contributed by atoms with Gasteiger partial charge in [-0.05, 0) is 31.9 Å². The third kappa shape index (κ3) is 8.90. The Morgan fingerprint density at radius 1 is 0.935 bits per heavy atom. The van der Waals surface area contributed by atoms with Crippen LogP contribution in [0.25, 0.3) is 0 Å². The first-order chi connectivity index (χ1) is 14.6. The molecular formula is C24H31N3O4. The van der Waals surface area contributed by atoms with Crippen molar-refractivity contribution in [1.29, 1.82) is 0 Å². The van der Waals surface area contributed by atoms with E-state index in [1.807, 2.05) is 60.7 Å². The second-order valence-electron chi connectivity index (χ2n) is 8.35. The number of rotatable bonds is 8. The minimum absolute atomic E-state index is 0.210. The lowest BCUT2D eigenvalue weighted by Crippen LogP contribution is -2.51. The Morgan fingerprint density at radius 3 is 2.03 bits per heavy atom. The first-order valence-electron chi connectivity index (χ1n) is 10.2. The van der Waals surface area contributed by atoms with Gasteiger partial charge < -0.3 is 20.3 Å². The Morgan fingerprint density at radius 2 is 1.48 bits per heavy atom. The molecule has 0 aliphatic rings. The van der Waals surface area contributed by atoms with Crippen molar-refractivity contribution in [2.45, 2.75) is 45.4 Å². The molecular weight excluding hydrogens is 394 g/mol. The van der Waals surface area contributed by atoms with Gasteiger partial charge in [0, 0.05) is 20.0 Å². The summed E-state index contributed by atoms with van der Waals surface area (Å²) in [5.41, 5.74) is 1.26. The summed E-state index contributed by atoms with van der Waals surface area (Å²) in [6.07, 6.45) is -0.341. The number of benzene rings is 2. The van der Waals surface area contributed by atoms with Crippen LogP contribution < -0.4 is 10.6 Å². The fourth-order valence-corrected chi connectivity index (χ4v) is 2.96. The van der Waals surface area contributed by atoms with Crippen molar-refractivity contribution < 1.29 is 19.1 Å². The van der Waals surface area contributed by atoms with Crippen LogP contribution in [0.2, 0.25) is 0 Å². The number of alkyl carbamates (subject to hydrolysis) is 1. The highest BCUT2D eigenvalue weighted by atomic mass is 16.6. The SMILES string of the molecule is CN(Cc1ccccc1)C(=O)[C@H](Cc1ccccc1)NC(=O)CNC(=O)OC(C)(C)C. The molecule has 0 saturated carbocycles. The summed E-state index contributed by atoms with van der Waals surface area (Å²) in [4.78, 5) is 38.9. The predicted molar refractivity (Wildman–Crippen MR) is 119 cm³/mol. The second kappa shape index (κ2) is 11.2. The van der Waals surface area contributed by atoms with Gasteiger partial charge in [0.25, 0.3) is 0 Å². The summed E-state index contributed by atoms with van der Waals surface area (Å²) in [6.45, 7) is 5.37. The van der Waals surface area contributed by atoms with Crippen molar-refractivity contribution in [1.82, 2.24) is 15.5 Å². The van der Waals surface area contributed by atoms with Crippen molar-refractivity contribution >= 4 is 17.9 Å². The molecule has 0 spiro atoms. The molecule has 2 aromatic rings. The van der Waals surface area contributed by atoms with Crippen LogP contribution in [0.15, 0.2) is 60.7 Å². The smallest absolute Gasteiger partial charge is 0.408 e. The topological polar surface area (TPSA) is 87.7 Å². The van der Waals surface area contributed by atoms with Gasteiger partial charge in [-0.25, -0.2) is 4.79 Å². The Bertz CT molecular complexity index is 863. The van der Waals surface area contributed by atoms with Gasteiger partial charge in [-0.3, -0.25) is 9.59 Å². The lowest BCUT2D eigenvalue weighted by molar-refractivity contribution is -0.135. The van der Waals surface area contributed by atoms with Crippen LogP contribution in [-0.2, 0) is 27.3 Å². The molecule has 2 aromatic carbocycles. The van der Waals surface area contributed by atoms with E-state index in [4.69, 9.17) is 4.74 Å². The van der Waals surface area contributed by atoms with Crippen molar-refractivity contribution in [2.24, 2.45) is 0 Å². The fourth-order valence-electron chi connectivity index (χ4n) is 2.96. The van der Waals surface area contributed by atoms with Gasteiger partial charge >= 0.3 is 6.09 Å². The van der Waals surface area contributed by atoms with Crippen molar-refractivity contribution in [2.75, 3.05) is 13.6 Å². The van der Waals surface area contributed by atoms with E-state index in [1.165, 1.54) is 0 Å². The van der Waals surface area contributed by atoms with Gasteiger partial charge in [0.2, 0.25) is 11.8 Å². The number of amides is 3. The van der Waals surface area contributed by atoms with E-state index in [9.17, 15) is 14.4 Å². The molecule has 0 heterocycles. The monoisotopic (exact) mass is 425 g/mol. The van der Waals surface area contributed by atoms with Crippen molar-refractivity contribution in [3.63, 3.8) is 0 Å². The highest BCUT2D eigenvalue weighted by Crippen LogP contribution is 2.09. The number of carbonyl (C=O) groups excluding carboxylic acids is 3. The fraction of sp³-hybridized carbons (Fsp3) is 0.375. The standard InChI is InChI=1S/C24H31N3O4/c1-24(2,3)31-23(30)25-16-21(28)26-20(15-18-11-7-5-8-12-18)22(29)27(4)17-19-13-9-6-10-14-19/h5-14,20H,15-17H2,1-4H3,(H,25,30)(H,26,28)/t20-/m0/s1. The molecule has 2 rings (SSSR count). The van der Waals surface area contributed by atoms with Crippen LogP contribution in [0, 0.1) is 0 Å². The molecule has 0 radical (unpaired) electrons. The van der Waals surface area contributed by atoms with Gasteiger partial charge in [-0.2, -0.15) is 0 Å². The van der Waals surface area contributed by atoms with E-state index in [2.05, 4.69) is 10.6 Å². The highest BCUT2D eigenvalue weighted by molar-refractivity contribution is 5.89. The number of hydrogen-bond donors (Lipinski definition) is 2. The number of hydrogen-bond acceptors (Lipinski definition) is 4. The molecule has 166 valence electrons. The molecule has 0 fully saturated rings. The van der Waals surface area contributed by atoms with Crippen LogP contribution in [0.4, 0.5) is 4.79 Å². The summed E-state index contributed by atoms with van der Waals surface area (Å²) in [5, 5.41) is 5.17. The average Bonchev–Trinajstić information content (AvgIpc) is 2.71. The van der Waals surface area contributed by atoms with Gasteiger partial charge in [0.15, 0.2) is 0 Å². The Labute approximate surface area is 183 Å². The van der Waals surface area contributed by atoms with E-state index >= 15 is 0 Å². The molecule has 0 bridgehead atoms. The zero-order valence-corrected chi connectivity index (χ0v) is 18.6. The first kappa shape index (κ1) is 23.9. The van der Waals surface area contributed by atoms with E-state index in [0.29, 0.717) is 13.0 Å². The molecule has 1 atom stereocenters. The molecule has 3 amide bonds. The van der Waals surface area contributed by atoms with Crippen molar-refractivity contribution in [3.8, 4) is 0 Å². The lowest BCUT2D eigenvalue weighted by Gasteiger charge is -2.25. The van der Waals surface area contributed by atoms with Gasteiger partial charge in [0.1, 0.15) is 18.2 Å². The highest BCUT2D eigenvalue weighted by Gasteiger charge is 2.25. The Kier molecular flexibility index (Phi) is 8.61. The maximum Gasteiger partial charge on any atom is 0.408 e. The van der Waals surface area contributed by atoms with Crippen LogP contribution >= 0.6 is 0 Å². The van der Waals surface area contributed by atoms with Gasteiger partial charge in [0.05, 0.1) is 0 Å². The summed E-state index contributed by atoms with van der Waals surface area (Å²) in [7, 11) is 1.71. The predicted octanol–water partition coefficient (Wildman–Crippen LogP) is 2.90. The first-order valence-corrected chi connectivity index (χ1v) is 10.2. The van der Waals surface area contributed by atoms with E-state index < -0.39 is 23.6 Å². The zero-order chi connectivity index (χ0) is 22.9. The largest absolute Gasteiger partial charge is 0.444 e. The number of likely N-dealkylation sites (N-methyl/N-ethyl adjacent to an activating group) is 1. The summed E-state index contributed by atoms with van der Waals surface area (Å²) >= 11 is 0. The number of nitrogens with zero attached hydrogens (tertiary/aromatic N) is 1. The number of ether oxygens (including phenoxy) is 1. The Balaban J connectivity index is 2.02. The molecule has 0 aromatic heterocycles. The summed E-state index contributed by atoms with van der Waals surface area (Å²) < 4.78 is 5.14. The summed E-state index contributed by atoms with van der Waals surface area (Å²) in [5.74, 6) is -0.674. The number of nitrogens with one attached hydrogen (secondary N) is 2. The summed E-state index contributed by atoms with van der Waals surface area (Å²) in [6, 6.07) is 18.4. The maximum absolute atomic E-state index is 13.1. The number of carbonyl (C=O) groups is 3. The van der Waals surface area contributed by atoms with Crippen molar-refractivity contribution in [3.05, 3.63) is 71.8 Å². The molecule has 7 nitrogen and oxygen atoms in total. The lowest BCUT2D eigenvalue weighted by atomic mass is 10.0. The Hall–Kier alpha value is -3.35. The third-order valence-electron chi connectivity index (χ3n) is 4.35. The minimum Gasteiger partial charge on any atom is -0.444 e. The second-order valence-corrected chi connectivity index (χ2v) is 8.35. The van der Waals surface area contributed by atoms with Gasteiger partial charge in [-0.15, -0.1) is 0 Å². The third-order valence-corrected chi connectivity index (χ3v) is 4.35. The zero-order valence-electron chi connectivity index (χ0n) is 18.6. The quantitative estimate of drug-likeness (QED) is 0.681. The molecule has 0 aliphatic heterocycles. The van der Waals surface area contributed by atoms with Crippen LogP contribution in [0.5, 0.6) is 0 Å². The van der Waals surface area contributed by atoms with Crippen LogP contribution in [0.3, 0.4) is 0 Å². The van der Waals surface area contributed by atoms with Crippen LogP contribution in [0.1, 0.15) is 31.9 Å². The molecule has 7 heteroatoms. The van der Waals surface area contributed by atoms with E-state index in [1.54, 1.807) is 32.7 Å². The molecule has 0 aliphatic carbocycles. The van der Waals surface area contributed by atoms with Crippen LogP contribution in [-0.4, -0.2) is 48.0 Å². The average molecular weight is 426 g/mol. The van der Waals surface area contributed by atoms with E-state index in [-0.39, 0.29) is 12.5 Å². The maximum atomic E-state index is 13.1. The molecule has 0 saturated heterocycles. The minimum atomic E-state index is -0.760. The molecule has 31 heavy (non-hydrogen) atoms.